The maximum absolute atomic E-state index is 12.7. The molecule has 1 fully saturated rings. The van der Waals surface area contributed by atoms with E-state index in [-0.39, 0.29) is 24.8 Å². The molecule has 1 aliphatic heterocycles. The molecule has 0 aromatic heterocycles. The number of aryl methyl sites for hydroxylation is 1. The minimum absolute atomic E-state index is 0.189. The highest BCUT2D eigenvalue weighted by Crippen LogP contribution is 2.30. The van der Waals surface area contributed by atoms with Crippen LogP contribution in [0.1, 0.15) is 16.7 Å². The molecule has 9 heteroatoms. The zero-order valence-corrected chi connectivity index (χ0v) is 20.5. The Bertz CT molecular complexity index is 1010. The summed E-state index contributed by atoms with van der Waals surface area (Å²) in [6, 6.07) is 10.9. The van der Waals surface area contributed by atoms with E-state index in [9.17, 15) is 14.4 Å². The topological polar surface area (TPSA) is 84.9 Å². The highest BCUT2D eigenvalue weighted by atomic mass is 127. The van der Waals surface area contributed by atoms with E-state index in [0.717, 1.165) is 23.8 Å². The fourth-order valence-corrected chi connectivity index (χ4v) is 4.88. The van der Waals surface area contributed by atoms with Crippen molar-refractivity contribution in [2.45, 2.75) is 13.5 Å². The monoisotopic (exact) mass is 632 g/mol. The quantitative estimate of drug-likeness (QED) is 0.227. The van der Waals surface area contributed by atoms with Crippen LogP contribution in [0.4, 0.5) is 4.79 Å². The van der Waals surface area contributed by atoms with Gasteiger partial charge in [0.05, 0.1) is 20.8 Å². The van der Waals surface area contributed by atoms with Crippen LogP contribution in [0.3, 0.4) is 0 Å². The number of methoxy groups -OCH3 is 1. The molecule has 1 heterocycles. The fraction of sp³-hybridized carbons (Fsp3) is 0.190. The van der Waals surface area contributed by atoms with Crippen molar-refractivity contribution in [3.63, 3.8) is 0 Å². The van der Waals surface area contributed by atoms with E-state index in [2.05, 4.69) is 55.2 Å². The minimum Gasteiger partial charge on any atom is -0.480 e. The van der Waals surface area contributed by atoms with Crippen LogP contribution in [0.25, 0.3) is 6.08 Å². The van der Waals surface area contributed by atoms with Crippen molar-refractivity contribution in [2.75, 3.05) is 13.7 Å². The van der Waals surface area contributed by atoms with Crippen LogP contribution in [-0.2, 0) is 20.9 Å². The number of hydrogen-bond donors (Lipinski definition) is 1. The van der Waals surface area contributed by atoms with Crippen LogP contribution in [0.2, 0.25) is 0 Å². The van der Waals surface area contributed by atoms with E-state index in [1.165, 1.54) is 12.0 Å². The van der Waals surface area contributed by atoms with E-state index in [0.29, 0.717) is 5.75 Å². The largest absolute Gasteiger partial charge is 0.480 e. The second kappa shape index (κ2) is 9.77. The third kappa shape index (κ3) is 5.31. The standard InChI is InChI=1S/C21H18I2N2O5/c1-12-3-5-13(6-4-12)10-25-20(27)17(24-21(25)28)9-14-7-15(22)19(16(23)8-14)30-11-18(26)29-2/h3-9H,10-11H2,1-2H3,(H,24,28)/b17-9+. The molecule has 0 spiro atoms. The number of amides is 3. The summed E-state index contributed by atoms with van der Waals surface area (Å²) in [5.41, 5.74) is 2.93. The number of carbonyl (C=O) groups excluding carboxylic acids is 3. The molecule has 0 bridgehead atoms. The Morgan fingerprint density at radius 2 is 1.77 bits per heavy atom. The van der Waals surface area contributed by atoms with Crippen LogP contribution >= 0.6 is 45.2 Å². The Balaban J connectivity index is 1.78. The molecule has 0 saturated carbocycles. The van der Waals surface area contributed by atoms with Gasteiger partial charge in [-0.15, -0.1) is 0 Å². The summed E-state index contributed by atoms with van der Waals surface area (Å²) < 4.78 is 11.6. The molecule has 1 aliphatic rings. The van der Waals surface area contributed by atoms with Crippen molar-refractivity contribution < 1.29 is 23.9 Å². The van der Waals surface area contributed by atoms with Crippen LogP contribution in [0.5, 0.6) is 5.75 Å². The summed E-state index contributed by atoms with van der Waals surface area (Å²) in [7, 11) is 1.30. The molecule has 2 aromatic carbocycles. The van der Waals surface area contributed by atoms with Crippen LogP contribution in [0, 0.1) is 14.1 Å². The number of rotatable bonds is 6. The van der Waals surface area contributed by atoms with E-state index < -0.39 is 12.0 Å². The summed E-state index contributed by atoms with van der Waals surface area (Å²) in [5, 5.41) is 2.64. The second-order valence-corrected chi connectivity index (χ2v) is 8.87. The minimum atomic E-state index is -0.472. The first-order chi connectivity index (χ1) is 14.3. The lowest BCUT2D eigenvalue weighted by Gasteiger charge is -2.12. The predicted molar refractivity (Wildman–Crippen MR) is 128 cm³/mol. The van der Waals surface area contributed by atoms with Crippen LogP contribution < -0.4 is 10.1 Å². The third-order valence-corrected chi connectivity index (χ3v) is 5.92. The number of urea groups is 1. The molecule has 156 valence electrons. The predicted octanol–water partition coefficient (Wildman–Crippen LogP) is 3.85. The zero-order chi connectivity index (χ0) is 21.8. The summed E-state index contributed by atoms with van der Waals surface area (Å²) in [4.78, 5) is 37.5. The first kappa shape index (κ1) is 22.5. The second-order valence-electron chi connectivity index (χ2n) is 6.54. The first-order valence-electron chi connectivity index (χ1n) is 8.87. The van der Waals surface area contributed by atoms with Crippen molar-refractivity contribution in [3.05, 3.63) is 65.9 Å². The first-order valence-corrected chi connectivity index (χ1v) is 11.0. The molecule has 0 atom stereocenters. The molecule has 0 unspecified atom stereocenters. The number of esters is 1. The fourth-order valence-electron chi connectivity index (χ4n) is 2.75. The van der Waals surface area contributed by atoms with Gasteiger partial charge in [-0.2, -0.15) is 0 Å². The lowest BCUT2D eigenvalue weighted by atomic mass is 10.1. The average Bonchev–Trinajstić information content (AvgIpc) is 2.96. The third-order valence-electron chi connectivity index (χ3n) is 4.32. The lowest BCUT2D eigenvalue weighted by Crippen LogP contribution is -2.30. The molecular weight excluding hydrogens is 614 g/mol. The van der Waals surface area contributed by atoms with Gasteiger partial charge in [0.25, 0.3) is 5.91 Å². The van der Waals surface area contributed by atoms with Crippen LogP contribution in [0.15, 0.2) is 42.1 Å². The Hall–Kier alpha value is -2.15. The molecule has 1 N–H and O–H groups in total. The van der Waals surface area contributed by atoms with Gasteiger partial charge in [-0.25, -0.2) is 9.59 Å². The molecule has 0 aliphatic carbocycles. The molecular formula is C21H18I2N2O5. The van der Waals surface area contributed by atoms with E-state index in [1.54, 1.807) is 6.08 Å². The van der Waals surface area contributed by atoms with Gasteiger partial charge in [-0.1, -0.05) is 29.8 Å². The van der Waals surface area contributed by atoms with Gasteiger partial charge in [0.1, 0.15) is 11.4 Å². The Kier molecular flexibility index (Phi) is 7.34. The maximum atomic E-state index is 12.7. The van der Waals surface area contributed by atoms with Gasteiger partial charge in [0.15, 0.2) is 6.61 Å². The Morgan fingerprint density at radius 1 is 1.13 bits per heavy atom. The number of ether oxygens (including phenoxy) is 2. The van der Waals surface area contributed by atoms with Crippen molar-refractivity contribution >= 4 is 69.2 Å². The van der Waals surface area contributed by atoms with Gasteiger partial charge >= 0.3 is 12.0 Å². The summed E-state index contributed by atoms with van der Waals surface area (Å²) >= 11 is 4.19. The van der Waals surface area contributed by atoms with Gasteiger partial charge in [-0.3, -0.25) is 9.69 Å². The van der Waals surface area contributed by atoms with E-state index in [1.807, 2.05) is 43.3 Å². The van der Waals surface area contributed by atoms with Gasteiger partial charge in [0, 0.05) is 0 Å². The summed E-state index contributed by atoms with van der Waals surface area (Å²) in [5.74, 6) is -0.288. The zero-order valence-electron chi connectivity index (χ0n) is 16.2. The van der Waals surface area contributed by atoms with E-state index in [4.69, 9.17) is 4.74 Å². The number of halogens is 2. The SMILES string of the molecule is COC(=O)COc1c(I)cc(/C=C2/NC(=O)N(Cc3ccc(C)cc3)C2=O)cc1I. The van der Waals surface area contributed by atoms with Gasteiger partial charge in [0.2, 0.25) is 0 Å². The highest BCUT2D eigenvalue weighted by Gasteiger charge is 2.33. The lowest BCUT2D eigenvalue weighted by molar-refractivity contribution is -0.143. The van der Waals surface area contributed by atoms with E-state index >= 15 is 0 Å². The smallest absolute Gasteiger partial charge is 0.343 e. The number of imide groups is 1. The molecule has 2 aromatic rings. The number of carbonyl (C=O) groups is 3. The maximum Gasteiger partial charge on any atom is 0.343 e. The van der Waals surface area contributed by atoms with Crippen LogP contribution in [-0.4, -0.2) is 36.5 Å². The number of benzene rings is 2. The molecule has 0 radical (unpaired) electrons. The number of hydrogen-bond acceptors (Lipinski definition) is 5. The van der Waals surface area contributed by atoms with Crippen molar-refractivity contribution in [1.29, 1.82) is 0 Å². The number of nitrogens with zero attached hydrogens (tertiary/aromatic N) is 1. The van der Waals surface area contributed by atoms with Crippen molar-refractivity contribution in [1.82, 2.24) is 10.2 Å². The molecule has 1 saturated heterocycles. The molecule has 3 amide bonds. The van der Waals surface area contributed by atoms with Crippen molar-refractivity contribution in [2.24, 2.45) is 0 Å². The normalized spacial score (nSPS) is 14.8. The molecule has 30 heavy (non-hydrogen) atoms. The highest BCUT2D eigenvalue weighted by molar-refractivity contribution is 14.1. The van der Waals surface area contributed by atoms with Gasteiger partial charge < -0.3 is 14.8 Å². The summed E-state index contributed by atoms with van der Waals surface area (Å²) in [6.45, 7) is 2.00. The Labute approximate surface area is 201 Å². The Morgan fingerprint density at radius 3 is 2.37 bits per heavy atom. The molecule has 7 nitrogen and oxygen atoms in total. The molecule has 3 rings (SSSR count). The number of nitrogens with one attached hydrogen (secondary N) is 1. The summed E-state index contributed by atoms with van der Waals surface area (Å²) in [6.07, 6.45) is 1.63. The van der Waals surface area contributed by atoms with Crippen molar-refractivity contribution in [3.8, 4) is 5.75 Å². The van der Waals surface area contributed by atoms with Gasteiger partial charge in [-0.05, 0) is 81.4 Å². The average molecular weight is 632 g/mol.